The van der Waals surface area contributed by atoms with Crippen molar-refractivity contribution in [3.05, 3.63) is 29.8 Å². The zero-order valence-corrected chi connectivity index (χ0v) is 12.0. The smallest absolute Gasteiger partial charge is 0.260 e. The molecule has 0 aliphatic carbocycles. The normalized spacial score (nSPS) is 15.8. The molecule has 0 radical (unpaired) electrons. The SMILES string of the molecule is Cc1ccc(OCC(=O)N2CCC(N)CC2)cc1.Cl. The van der Waals surface area contributed by atoms with Gasteiger partial charge in [0.1, 0.15) is 5.75 Å². The Morgan fingerprint density at radius 3 is 2.47 bits per heavy atom. The van der Waals surface area contributed by atoms with Gasteiger partial charge in [0.25, 0.3) is 5.91 Å². The van der Waals surface area contributed by atoms with Crippen LogP contribution in [0.5, 0.6) is 5.75 Å². The van der Waals surface area contributed by atoms with E-state index in [0.29, 0.717) is 0 Å². The molecular formula is C14H21ClN2O2. The highest BCUT2D eigenvalue weighted by Crippen LogP contribution is 2.12. The molecule has 1 aromatic carbocycles. The maximum atomic E-state index is 11.9. The van der Waals surface area contributed by atoms with E-state index < -0.39 is 0 Å². The molecule has 0 aromatic heterocycles. The Morgan fingerprint density at radius 1 is 1.32 bits per heavy atom. The van der Waals surface area contributed by atoms with Crippen LogP contribution >= 0.6 is 12.4 Å². The lowest BCUT2D eigenvalue weighted by Crippen LogP contribution is -2.44. The van der Waals surface area contributed by atoms with E-state index in [1.54, 1.807) is 0 Å². The summed E-state index contributed by atoms with van der Waals surface area (Å²) in [6.45, 7) is 3.62. The van der Waals surface area contributed by atoms with Crippen LogP contribution in [0.2, 0.25) is 0 Å². The van der Waals surface area contributed by atoms with Crippen LogP contribution in [0.1, 0.15) is 18.4 Å². The molecule has 1 heterocycles. The van der Waals surface area contributed by atoms with Crippen molar-refractivity contribution >= 4 is 18.3 Å². The first-order valence-electron chi connectivity index (χ1n) is 6.38. The minimum atomic E-state index is 0. The van der Waals surface area contributed by atoms with Crippen molar-refractivity contribution in [3.63, 3.8) is 0 Å². The summed E-state index contributed by atoms with van der Waals surface area (Å²) < 4.78 is 5.48. The number of carbonyl (C=O) groups excluding carboxylic acids is 1. The highest BCUT2D eigenvalue weighted by Gasteiger charge is 2.20. The highest BCUT2D eigenvalue weighted by atomic mass is 35.5. The second-order valence-corrected chi connectivity index (χ2v) is 4.82. The van der Waals surface area contributed by atoms with Crippen molar-refractivity contribution in [1.82, 2.24) is 4.90 Å². The molecule has 1 amide bonds. The minimum Gasteiger partial charge on any atom is -0.484 e. The number of hydrogen-bond donors (Lipinski definition) is 1. The molecule has 4 nitrogen and oxygen atoms in total. The zero-order chi connectivity index (χ0) is 13.0. The number of carbonyl (C=O) groups is 1. The molecule has 0 unspecified atom stereocenters. The number of hydrogen-bond acceptors (Lipinski definition) is 3. The zero-order valence-electron chi connectivity index (χ0n) is 11.2. The first kappa shape index (κ1) is 15.8. The second-order valence-electron chi connectivity index (χ2n) is 4.82. The minimum absolute atomic E-state index is 0. The maximum absolute atomic E-state index is 11.9. The van der Waals surface area contributed by atoms with Gasteiger partial charge in [-0.25, -0.2) is 0 Å². The first-order valence-corrected chi connectivity index (χ1v) is 6.38. The Labute approximate surface area is 120 Å². The van der Waals surface area contributed by atoms with Crippen molar-refractivity contribution in [2.24, 2.45) is 5.73 Å². The number of nitrogens with two attached hydrogens (primary N) is 1. The number of aryl methyl sites for hydroxylation is 1. The molecule has 1 saturated heterocycles. The van der Waals surface area contributed by atoms with E-state index in [2.05, 4.69) is 0 Å². The molecule has 0 saturated carbocycles. The summed E-state index contributed by atoms with van der Waals surface area (Å²) >= 11 is 0. The number of rotatable bonds is 3. The summed E-state index contributed by atoms with van der Waals surface area (Å²) in [7, 11) is 0. The van der Waals surface area contributed by atoms with Gasteiger partial charge in [-0.05, 0) is 31.9 Å². The van der Waals surface area contributed by atoms with Crippen LogP contribution in [0.4, 0.5) is 0 Å². The molecule has 0 bridgehead atoms. The van der Waals surface area contributed by atoms with Gasteiger partial charge in [0.2, 0.25) is 0 Å². The predicted octanol–water partition coefficient (Wildman–Crippen LogP) is 1.75. The Hall–Kier alpha value is -1.26. The summed E-state index contributed by atoms with van der Waals surface area (Å²) in [6, 6.07) is 7.95. The Bertz CT molecular complexity index is 400. The van der Waals surface area contributed by atoms with Gasteiger partial charge in [0.15, 0.2) is 6.61 Å². The third kappa shape index (κ3) is 4.73. The third-order valence-corrected chi connectivity index (χ3v) is 3.28. The van der Waals surface area contributed by atoms with Crippen molar-refractivity contribution in [2.45, 2.75) is 25.8 Å². The van der Waals surface area contributed by atoms with Gasteiger partial charge in [-0.2, -0.15) is 0 Å². The molecule has 1 aliphatic rings. The van der Waals surface area contributed by atoms with E-state index in [0.717, 1.165) is 31.7 Å². The second kappa shape index (κ2) is 7.36. The number of nitrogens with zero attached hydrogens (tertiary/aromatic N) is 1. The summed E-state index contributed by atoms with van der Waals surface area (Å²) in [5.74, 6) is 0.783. The van der Waals surface area contributed by atoms with Gasteiger partial charge in [0.05, 0.1) is 0 Å². The van der Waals surface area contributed by atoms with E-state index in [1.807, 2.05) is 36.1 Å². The number of halogens is 1. The molecule has 19 heavy (non-hydrogen) atoms. The summed E-state index contributed by atoms with van der Waals surface area (Å²) in [5.41, 5.74) is 6.99. The maximum Gasteiger partial charge on any atom is 0.260 e. The lowest BCUT2D eigenvalue weighted by atomic mass is 10.1. The number of ether oxygens (including phenoxy) is 1. The molecular weight excluding hydrogens is 264 g/mol. The third-order valence-electron chi connectivity index (χ3n) is 3.28. The monoisotopic (exact) mass is 284 g/mol. The standard InChI is InChI=1S/C14H20N2O2.ClH/c1-11-2-4-13(5-3-11)18-10-14(17)16-8-6-12(15)7-9-16;/h2-5,12H,6-10,15H2,1H3;1H. The van der Waals surface area contributed by atoms with Gasteiger partial charge in [-0.15, -0.1) is 12.4 Å². The van der Waals surface area contributed by atoms with Crippen LogP contribution in [0.15, 0.2) is 24.3 Å². The average Bonchev–Trinajstić information content (AvgIpc) is 2.38. The number of benzene rings is 1. The fourth-order valence-corrected chi connectivity index (χ4v) is 2.02. The molecule has 2 rings (SSSR count). The Kier molecular flexibility index (Phi) is 6.12. The molecule has 106 valence electrons. The van der Waals surface area contributed by atoms with Gasteiger partial charge >= 0.3 is 0 Å². The fraction of sp³-hybridized carbons (Fsp3) is 0.500. The quantitative estimate of drug-likeness (QED) is 0.920. The lowest BCUT2D eigenvalue weighted by Gasteiger charge is -2.30. The van der Waals surface area contributed by atoms with Gasteiger partial charge in [-0.3, -0.25) is 4.79 Å². The Morgan fingerprint density at radius 2 is 1.89 bits per heavy atom. The molecule has 0 spiro atoms. The van der Waals surface area contributed by atoms with Gasteiger partial charge < -0.3 is 15.4 Å². The van der Waals surface area contributed by atoms with Crippen LogP contribution in [-0.2, 0) is 4.79 Å². The molecule has 1 aliphatic heterocycles. The van der Waals surface area contributed by atoms with Crippen LogP contribution in [0, 0.1) is 6.92 Å². The molecule has 5 heteroatoms. The topological polar surface area (TPSA) is 55.6 Å². The van der Waals surface area contributed by atoms with Crippen LogP contribution < -0.4 is 10.5 Å². The fourth-order valence-electron chi connectivity index (χ4n) is 2.02. The van der Waals surface area contributed by atoms with E-state index >= 15 is 0 Å². The molecule has 1 fully saturated rings. The van der Waals surface area contributed by atoms with Crippen molar-refractivity contribution < 1.29 is 9.53 Å². The van der Waals surface area contributed by atoms with Gasteiger partial charge in [0, 0.05) is 19.1 Å². The molecule has 1 aromatic rings. The average molecular weight is 285 g/mol. The van der Waals surface area contributed by atoms with E-state index in [1.165, 1.54) is 5.56 Å². The first-order chi connectivity index (χ1) is 8.65. The number of piperidine rings is 1. The largest absolute Gasteiger partial charge is 0.484 e. The van der Waals surface area contributed by atoms with E-state index in [-0.39, 0.29) is 31.0 Å². The number of likely N-dealkylation sites (tertiary alicyclic amines) is 1. The van der Waals surface area contributed by atoms with Crippen molar-refractivity contribution in [2.75, 3.05) is 19.7 Å². The lowest BCUT2D eigenvalue weighted by molar-refractivity contribution is -0.134. The molecule has 0 atom stereocenters. The highest BCUT2D eigenvalue weighted by molar-refractivity contribution is 5.85. The van der Waals surface area contributed by atoms with E-state index in [9.17, 15) is 4.79 Å². The number of amides is 1. The predicted molar refractivity (Wildman–Crippen MR) is 77.7 cm³/mol. The Balaban J connectivity index is 0.00000180. The summed E-state index contributed by atoms with van der Waals surface area (Å²) in [6.07, 6.45) is 1.77. The van der Waals surface area contributed by atoms with Crippen LogP contribution in [0.3, 0.4) is 0 Å². The van der Waals surface area contributed by atoms with Crippen molar-refractivity contribution in [1.29, 1.82) is 0 Å². The summed E-state index contributed by atoms with van der Waals surface area (Å²) in [5, 5.41) is 0. The van der Waals surface area contributed by atoms with Gasteiger partial charge in [-0.1, -0.05) is 17.7 Å². The van der Waals surface area contributed by atoms with Crippen molar-refractivity contribution in [3.8, 4) is 5.75 Å². The van der Waals surface area contributed by atoms with Crippen LogP contribution in [0.25, 0.3) is 0 Å². The molecule has 2 N–H and O–H groups in total. The van der Waals surface area contributed by atoms with E-state index in [4.69, 9.17) is 10.5 Å². The summed E-state index contributed by atoms with van der Waals surface area (Å²) in [4.78, 5) is 13.7. The van der Waals surface area contributed by atoms with Crippen LogP contribution in [-0.4, -0.2) is 36.5 Å².